The first kappa shape index (κ1) is 19.9. The number of oxazole rings is 1. The summed E-state index contributed by atoms with van der Waals surface area (Å²) in [5, 5.41) is 23.1. The molecule has 0 unspecified atom stereocenters. The number of halogens is 2. The number of nitro groups is 1. The first-order valence-electron chi connectivity index (χ1n) is 8.46. The van der Waals surface area contributed by atoms with Crippen LogP contribution in [0.1, 0.15) is 10.4 Å². The standard InChI is InChI=1S/C20H11BrClN3O5/c21-14-7-10(1-5-17(14)26)20-24-16-8-11(2-6-18(16)30-20)23-19(27)13-4-3-12(25(28)29)9-15(13)22/h1-9,26H,(H,23,27). The summed E-state index contributed by atoms with van der Waals surface area (Å²) in [4.78, 5) is 27.1. The fourth-order valence-corrected chi connectivity index (χ4v) is 3.41. The number of anilines is 1. The molecular weight excluding hydrogens is 478 g/mol. The molecule has 0 aliphatic rings. The third-order valence-electron chi connectivity index (χ3n) is 4.25. The van der Waals surface area contributed by atoms with Crippen molar-refractivity contribution in [1.82, 2.24) is 4.98 Å². The summed E-state index contributed by atoms with van der Waals surface area (Å²) in [6.07, 6.45) is 0. The number of phenols is 1. The molecule has 1 heterocycles. The van der Waals surface area contributed by atoms with Gasteiger partial charge >= 0.3 is 0 Å². The van der Waals surface area contributed by atoms with Crippen LogP contribution in [-0.4, -0.2) is 20.9 Å². The maximum atomic E-state index is 12.5. The molecule has 0 saturated carbocycles. The van der Waals surface area contributed by atoms with Gasteiger partial charge in [0.05, 0.1) is 20.0 Å². The van der Waals surface area contributed by atoms with Crippen LogP contribution in [0.5, 0.6) is 5.75 Å². The smallest absolute Gasteiger partial charge is 0.270 e. The van der Waals surface area contributed by atoms with E-state index >= 15 is 0 Å². The zero-order valence-electron chi connectivity index (χ0n) is 14.9. The maximum absolute atomic E-state index is 12.5. The van der Waals surface area contributed by atoms with Crippen molar-refractivity contribution in [2.24, 2.45) is 0 Å². The highest BCUT2D eigenvalue weighted by atomic mass is 79.9. The summed E-state index contributed by atoms with van der Waals surface area (Å²) in [6, 6.07) is 13.4. The number of hydrogen-bond donors (Lipinski definition) is 2. The topological polar surface area (TPSA) is 118 Å². The predicted molar refractivity (Wildman–Crippen MR) is 115 cm³/mol. The van der Waals surface area contributed by atoms with Crippen molar-refractivity contribution in [1.29, 1.82) is 0 Å². The average molecular weight is 489 g/mol. The predicted octanol–water partition coefficient (Wildman–Crippen LogP) is 5.78. The Hall–Kier alpha value is -3.43. The molecule has 4 aromatic rings. The lowest BCUT2D eigenvalue weighted by Crippen LogP contribution is -2.12. The number of aromatic hydroxyl groups is 1. The molecule has 1 aromatic heterocycles. The van der Waals surface area contributed by atoms with Gasteiger partial charge in [-0.15, -0.1) is 0 Å². The number of nitro benzene ring substituents is 1. The van der Waals surface area contributed by atoms with Gasteiger partial charge in [0, 0.05) is 23.4 Å². The summed E-state index contributed by atoms with van der Waals surface area (Å²) in [5.74, 6) is -0.0576. The van der Waals surface area contributed by atoms with E-state index in [1.807, 2.05) is 0 Å². The summed E-state index contributed by atoms with van der Waals surface area (Å²) < 4.78 is 6.25. The molecule has 4 rings (SSSR count). The van der Waals surface area contributed by atoms with Crippen molar-refractivity contribution in [3.63, 3.8) is 0 Å². The van der Waals surface area contributed by atoms with E-state index in [1.165, 1.54) is 18.2 Å². The molecule has 1 amide bonds. The molecule has 0 fully saturated rings. The lowest BCUT2D eigenvalue weighted by molar-refractivity contribution is -0.384. The molecule has 0 saturated heterocycles. The SMILES string of the molecule is O=C(Nc1ccc2oc(-c3ccc(O)c(Br)c3)nc2c1)c1ccc([N+](=O)[O-])cc1Cl. The Morgan fingerprint density at radius 3 is 2.67 bits per heavy atom. The van der Waals surface area contributed by atoms with Gasteiger partial charge in [-0.25, -0.2) is 4.98 Å². The first-order chi connectivity index (χ1) is 14.3. The number of carbonyl (C=O) groups is 1. The Labute approximate surface area is 182 Å². The lowest BCUT2D eigenvalue weighted by atomic mass is 10.2. The fraction of sp³-hybridized carbons (Fsp3) is 0. The monoisotopic (exact) mass is 487 g/mol. The van der Waals surface area contributed by atoms with Crippen LogP contribution >= 0.6 is 27.5 Å². The van der Waals surface area contributed by atoms with Crippen LogP contribution in [0.2, 0.25) is 5.02 Å². The second-order valence-corrected chi connectivity index (χ2v) is 7.50. The van der Waals surface area contributed by atoms with E-state index in [4.69, 9.17) is 16.0 Å². The number of carbonyl (C=O) groups excluding carboxylic acids is 1. The molecule has 3 aromatic carbocycles. The number of nitrogens with one attached hydrogen (secondary N) is 1. The van der Waals surface area contributed by atoms with Crippen molar-refractivity contribution < 1.29 is 19.2 Å². The number of hydrogen-bond acceptors (Lipinski definition) is 6. The Bertz CT molecular complexity index is 1320. The summed E-state index contributed by atoms with van der Waals surface area (Å²) >= 11 is 9.26. The largest absolute Gasteiger partial charge is 0.507 e. The van der Waals surface area contributed by atoms with E-state index in [-0.39, 0.29) is 22.0 Å². The molecule has 2 N–H and O–H groups in total. The third-order valence-corrected chi connectivity index (χ3v) is 5.20. The van der Waals surface area contributed by atoms with E-state index in [0.29, 0.717) is 32.7 Å². The number of aromatic nitrogens is 1. The summed E-state index contributed by atoms with van der Waals surface area (Å²) in [7, 11) is 0. The molecule has 0 spiro atoms. The Morgan fingerprint density at radius 1 is 1.17 bits per heavy atom. The molecule has 150 valence electrons. The molecular formula is C20H11BrClN3O5. The number of nitrogens with zero attached hydrogens (tertiary/aromatic N) is 2. The van der Waals surface area contributed by atoms with Gasteiger partial charge in [0.1, 0.15) is 11.3 Å². The van der Waals surface area contributed by atoms with E-state index in [9.17, 15) is 20.0 Å². The normalized spacial score (nSPS) is 10.9. The van der Waals surface area contributed by atoms with Crippen LogP contribution in [0, 0.1) is 10.1 Å². The van der Waals surface area contributed by atoms with Crippen molar-refractivity contribution >= 4 is 55.9 Å². The minimum absolute atomic E-state index is 0.0237. The number of fused-ring (bicyclic) bond motifs is 1. The Morgan fingerprint density at radius 2 is 1.97 bits per heavy atom. The lowest BCUT2D eigenvalue weighted by Gasteiger charge is -2.06. The quantitative estimate of drug-likeness (QED) is 0.278. The zero-order chi connectivity index (χ0) is 21.4. The van der Waals surface area contributed by atoms with Crippen molar-refractivity contribution in [2.75, 3.05) is 5.32 Å². The Balaban J connectivity index is 1.60. The third kappa shape index (κ3) is 3.85. The van der Waals surface area contributed by atoms with E-state index in [0.717, 1.165) is 6.07 Å². The van der Waals surface area contributed by atoms with Gasteiger partial charge in [-0.1, -0.05) is 11.6 Å². The highest BCUT2D eigenvalue weighted by Crippen LogP contribution is 2.32. The van der Waals surface area contributed by atoms with Gasteiger partial charge in [-0.3, -0.25) is 14.9 Å². The number of phenolic OH excluding ortho intramolecular Hbond substituents is 1. The highest BCUT2D eigenvalue weighted by Gasteiger charge is 2.16. The van der Waals surface area contributed by atoms with Gasteiger partial charge in [0.2, 0.25) is 5.89 Å². The average Bonchev–Trinajstić information content (AvgIpc) is 3.13. The zero-order valence-corrected chi connectivity index (χ0v) is 17.3. The van der Waals surface area contributed by atoms with Crippen LogP contribution in [0.15, 0.2) is 63.5 Å². The minimum atomic E-state index is -0.587. The molecule has 0 aliphatic heterocycles. The van der Waals surface area contributed by atoms with Crippen LogP contribution in [0.4, 0.5) is 11.4 Å². The fourth-order valence-electron chi connectivity index (χ4n) is 2.77. The van der Waals surface area contributed by atoms with Crippen molar-refractivity contribution in [2.45, 2.75) is 0 Å². The molecule has 0 bridgehead atoms. The van der Waals surface area contributed by atoms with Crippen molar-refractivity contribution in [3.8, 4) is 17.2 Å². The minimum Gasteiger partial charge on any atom is -0.507 e. The molecule has 8 nitrogen and oxygen atoms in total. The molecule has 0 aliphatic carbocycles. The van der Waals surface area contributed by atoms with E-state index in [1.54, 1.807) is 30.3 Å². The first-order valence-corrected chi connectivity index (χ1v) is 9.63. The highest BCUT2D eigenvalue weighted by molar-refractivity contribution is 9.10. The molecule has 10 heteroatoms. The number of amides is 1. The van der Waals surface area contributed by atoms with Gasteiger partial charge < -0.3 is 14.8 Å². The van der Waals surface area contributed by atoms with E-state index < -0.39 is 10.8 Å². The molecule has 30 heavy (non-hydrogen) atoms. The van der Waals surface area contributed by atoms with Gasteiger partial charge in [-0.2, -0.15) is 0 Å². The molecule has 0 radical (unpaired) electrons. The summed E-state index contributed by atoms with van der Waals surface area (Å²) in [5.41, 5.74) is 2.06. The summed E-state index contributed by atoms with van der Waals surface area (Å²) in [6.45, 7) is 0. The maximum Gasteiger partial charge on any atom is 0.270 e. The van der Waals surface area contributed by atoms with Gasteiger partial charge in [0.25, 0.3) is 11.6 Å². The second kappa shape index (κ2) is 7.77. The Kier molecular flexibility index (Phi) is 5.15. The number of rotatable bonds is 4. The van der Waals surface area contributed by atoms with Crippen LogP contribution < -0.4 is 5.32 Å². The van der Waals surface area contributed by atoms with Crippen LogP contribution in [0.25, 0.3) is 22.6 Å². The number of non-ortho nitro benzene ring substituents is 1. The van der Waals surface area contributed by atoms with Crippen LogP contribution in [0.3, 0.4) is 0 Å². The van der Waals surface area contributed by atoms with Crippen molar-refractivity contribution in [3.05, 3.63) is 79.8 Å². The van der Waals surface area contributed by atoms with Gasteiger partial charge in [0.15, 0.2) is 5.58 Å². The number of benzene rings is 3. The van der Waals surface area contributed by atoms with Crippen LogP contribution in [-0.2, 0) is 0 Å². The second-order valence-electron chi connectivity index (χ2n) is 6.24. The molecule has 0 atom stereocenters. The van der Waals surface area contributed by atoms with E-state index in [2.05, 4.69) is 26.2 Å². The van der Waals surface area contributed by atoms with Gasteiger partial charge in [-0.05, 0) is 58.4 Å².